The Morgan fingerprint density at radius 3 is 2.28 bits per heavy atom. The number of benzene rings is 5. The first-order valence-electron chi connectivity index (χ1n) is 25.4. The lowest BCUT2D eigenvalue weighted by atomic mass is 9.79. The van der Waals surface area contributed by atoms with Crippen molar-refractivity contribution in [3.05, 3.63) is 172 Å². The molecule has 2 N–H and O–H groups in total. The summed E-state index contributed by atoms with van der Waals surface area (Å²) in [5.41, 5.74) is 10.4. The zero-order valence-electron chi connectivity index (χ0n) is 43.4. The molecule has 2 amide bonds. The number of halogens is 1. The first-order valence-corrected chi connectivity index (χ1v) is 26.7. The fraction of sp³-hybridized carbons (Fsp3) is 0.333. The van der Waals surface area contributed by atoms with Crippen molar-refractivity contribution in [3.63, 3.8) is 0 Å². The quantitative estimate of drug-likeness (QED) is 0.0170. The van der Waals surface area contributed by atoms with E-state index in [0.717, 1.165) is 60.2 Å². The molecule has 386 valence electrons. The molecule has 3 heterocycles. The minimum Gasteiger partial charge on any atom is -0.691 e. The Labute approximate surface area is 443 Å². The van der Waals surface area contributed by atoms with Gasteiger partial charge in [-0.25, -0.2) is 0 Å². The molecule has 1 aromatic heterocycles. The van der Waals surface area contributed by atoms with Crippen molar-refractivity contribution in [2.45, 2.75) is 90.9 Å². The highest BCUT2D eigenvalue weighted by atomic mass is 35.5. The molecule has 2 aliphatic heterocycles. The molecule has 0 saturated heterocycles. The number of rotatable bonds is 22. The number of amides is 2. The van der Waals surface area contributed by atoms with Crippen LogP contribution in [0.1, 0.15) is 98.6 Å². The minimum atomic E-state index is -0.293. The van der Waals surface area contributed by atoms with Gasteiger partial charge in [0, 0.05) is 100 Å². The normalized spacial score (nSPS) is 15.3. The number of methoxy groups -OCH3 is 1. The summed E-state index contributed by atoms with van der Waals surface area (Å²) in [6.07, 6.45) is 14.4. The first kappa shape index (κ1) is 53.8. The number of aromatic nitrogens is 1. The molecule has 8 rings (SSSR count). The number of likely N-dealkylation sites (N-methyl/N-ethyl adjacent to an activating group) is 1. The molecule has 0 bridgehead atoms. The SMILES string of the molecule is CCN1/C(=C/C=C/C=C/C2=[N+](CCCCSOO[O-])c3ccc4ccccc4c3C2(C)C)C(C)(C)c2cc(CC(=O)NCCCCNC(=O)Cc3c(C)n(C(=O)c4ccc(Cl)cc4)c4ccc(OC)cc34)ccc21. The van der Waals surface area contributed by atoms with Gasteiger partial charge in [-0.2, -0.15) is 8.91 Å². The van der Waals surface area contributed by atoms with E-state index >= 15 is 0 Å². The van der Waals surface area contributed by atoms with E-state index in [2.05, 4.69) is 149 Å². The fourth-order valence-electron chi connectivity index (χ4n) is 10.8. The van der Waals surface area contributed by atoms with Crippen molar-refractivity contribution in [1.29, 1.82) is 0 Å². The Balaban J connectivity index is 0.850. The van der Waals surface area contributed by atoms with Crippen molar-refractivity contribution in [1.82, 2.24) is 15.2 Å². The number of carbonyl (C=O) groups is 3. The summed E-state index contributed by atoms with van der Waals surface area (Å²) in [4.78, 5) is 42.6. The van der Waals surface area contributed by atoms with Crippen LogP contribution in [0.25, 0.3) is 21.7 Å². The Kier molecular flexibility index (Phi) is 17.3. The summed E-state index contributed by atoms with van der Waals surface area (Å²) in [5.74, 6) is 0.895. The number of unbranched alkanes of at least 4 members (excludes halogenated alkanes) is 2. The molecule has 6 aromatic rings. The van der Waals surface area contributed by atoms with E-state index in [1.165, 1.54) is 39.0 Å². The molecule has 0 unspecified atom stereocenters. The smallest absolute Gasteiger partial charge is 0.262 e. The topological polar surface area (TPSA) is 137 Å². The lowest BCUT2D eigenvalue weighted by molar-refractivity contribution is -0.777. The summed E-state index contributed by atoms with van der Waals surface area (Å²) < 4.78 is 14.1. The Morgan fingerprint density at radius 1 is 0.811 bits per heavy atom. The van der Waals surface area contributed by atoms with E-state index in [1.54, 1.807) is 42.0 Å². The highest BCUT2D eigenvalue weighted by Gasteiger charge is 2.45. The van der Waals surface area contributed by atoms with E-state index in [-0.39, 0.29) is 41.4 Å². The van der Waals surface area contributed by atoms with Crippen LogP contribution in [-0.4, -0.2) is 71.6 Å². The maximum absolute atomic E-state index is 13.7. The van der Waals surface area contributed by atoms with Gasteiger partial charge in [-0.3, -0.25) is 24.0 Å². The number of hydrogen-bond acceptors (Lipinski definition) is 9. The summed E-state index contributed by atoms with van der Waals surface area (Å²) in [5, 5.41) is 23.7. The van der Waals surface area contributed by atoms with Gasteiger partial charge in [0.1, 0.15) is 12.3 Å². The average Bonchev–Trinajstić information content (AvgIpc) is 3.89. The third-order valence-electron chi connectivity index (χ3n) is 14.5. The predicted octanol–water partition coefficient (Wildman–Crippen LogP) is 11.1. The van der Waals surface area contributed by atoms with Gasteiger partial charge in [0.25, 0.3) is 5.91 Å². The highest BCUT2D eigenvalue weighted by Crippen LogP contribution is 2.48. The molecule has 14 heteroatoms. The van der Waals surface area contributed by atoms with Crippen molar-refractivity contribution in [2.75, 3.05) is 43.9 Å². The number of anilines is 1. The summed E-state index contributed by atoms with van der Waals surface area (Å²) in [6.45, 7) is 15.7. The second-order valence-electron chi connectivity index (χ2n) is 19.9. The lowest BCUT2D eigenvalue weighted by Gasteiger charge is -2.25. The number of hydrogen-bond donors (Lipinski definition) is 2. The van der Waals surface area contributed by atoms with Crippen LogP contribution in [0.5, 0.6) is 5.75 Å². The molecule has 12 nitrogen and oxygen atoms in total. The predicted molar refractivity (Wildman–Crippen MR) is 297 cm³/mol. The number of allylic oxidation sites excluding steroid dienone is 6. The van der Waals surface area contributed by atoms with Crippen LogP contribution >= 0.6 is 23.6 Å². The van der Waals surface area contributed by atoms with Crippen LogP contribution in [-0.2, 0) is 42.6 Å². The van der Waals surface area contributed by atoms with Crippen molar-refractivity contribution >= 4 is 80.1 Å². The summed E-state index contributed by atoms with van der Waals surface area (Å²) in [7, 11) is 1.59. The monoisotopic (exact) mass is 1040 g/mol. The first-order chi connectivity index (χ1) is 35.7. The zero-order valence-corrected chi connectivity index (χ0v) is 45.0. The second kappa shape index (κ2) is 23.8. The van der Waals surface area contributed by atoms with Gasteiger partial charge >= 0.3 is 0 Å². The number of fused-ring (bicyclic) bond motifs is 5. The van der Waals surface area contributed by atoms with Gasteiger partial charge in [0.05, 0.1) is 30.9 Å². The molecule has 2 aliphatic rings. The average molecular weight is 1040 g/mol. The number of nitrogens with one attached hydrogen (secondary N) is 2. The van der Waals surface area contributed by atoms with Crippen LogP contribution < -0.4 is 25.5 Å². The molecule has 74 heavy (non-hydrogen) atoms. The fourth-order valence-corrected chi connectivity index (χ4v) is 11.3. The summed E-state index contributed by atoms with van der Waals surface area (Å²) >= 11 is 7.12. The van der Waals surface area contributed by atoms with Gasteiger partial charge in [0.2, 0.25) is 17.5 Å². The van der Waals surface area contributed by atoms with Crippen molar-refractivity contribution < 1.29 is 38.3 Å². The Hall–Kier alpha value is -6.48. The van der Waals surface area contributed by atoms with Gasteiger partial charge < -0.3 is 25.5 Å². The van der Waals surface area contributed by atoms with Crippen molar-refractivity contribution in [3.8, 4) is 5.75 Å². The van der Waals surface area contributed by atoms with Gasteiger partial charge in [-0.1, -0.05) is 80.1 Å². The zero-order chi connectivity index (χ0) is 52.6. The van der Waals surface area contributed by atoms with E-state index in [4.69, 9.17) is 16.3 Å². The number of ether oxygens (including phenoxy) is 1. The maximum atomic E-state index is 13.7. The molecular weight excluding hydrogens is 970 g/mol. The van der Waals surface area contributed by atoms with Gasteiger partial charge in [0.15, 0.2) is 5.71 Å². The van der Waals surface area contributed by atoms with Crippen molar-refractivity contribution in [2.24, 2.45) is 0 Å². The van der Waals surface area contributed by atoms with E-state index in [9.17, 15) is 19.6 Å². The molecule has 5 aromatic carbocycles. The van der Waals surface area contributed by atoms with Gasteiger partial charge in [-0.15, -0.1) is 0 Å². The molecular formula is C60H66ClN5O7S. The molecule has 0 saturated carbocycles. The van der Waals surface area contributed by atoms with E-state index in [1.807, 2.05) is 19.1 Å². The van der Waals surface area contributed by atoms with Gasteiger partial charge in [-0.05, 0) is 135 Å². The number of nitrogens with zero attached hydrogens (tertiary/aromatic N) is 3. The highest BCUT2D eigenvalue weighted by molar-refractivity contribution is 7.94. The second-order valence-corrected chi connectivity index (χ2v) is 21.1. The largest absolute Gasteiger partial charge is 0.691 e. The molecule has 0 fully saturated rings. The van der Waals surface area contributed by atoms with Crippen LogP contribution in [0.2, 0.25) is 5.02 Å². The van der Waals surface area contributed by atoms with E-state index < -0.39 is 0 Å². The molecule has 0 spiro atoms. The molecule has 0 radical (unpaired) electrons. The van der Waals surface area contributed by atoms with E-state index in [0.29, 0.717) is 59.2 Å². The number of carbonyl (C=O) groups excluding carboxylic acids is 3. The third kappa shape index (κ3) is 11.4. The molecule has 0 atom stereocenters. The standard InChI is InChI=1S/C60H66ClN5O7S/c1-8-64-51-29-22-41(37-55(67)62-32-14-15-33-63-56(68)39-47-40(2)66(50-31-28-45(71-7)38-48(47)50)58(69)43-23-26-44(61)27-24-43)36-49(51)59(3,4)53(64)20-10-9-11-21-54-60(5,6)57-46-19-13-12-18-42(46)25-30-52(57)65(54)34-16-17-35-74-73-72-70/h9-13,18-31,36,38H,8,14-17,32-35,37,39H2,1-7H3,(H2-,62,63,67,68,70). The van der Waals surface area contributed by atoms with Crippen LogP contribution in [0.3, 0.4) is 0 Å². The van der Waals surface area contributed by atoms with Crippen LogP contribution in [0.4, 0.5) is 11.4 Å². The van der Waals surface area contributed by atoms with Crippen LogP contribution in [0, 0.1) is 6.92 Å². The Morgan fingerprint density at radius 2 is 1.55 bits per heavy atom. The minimum absolute atomic E-state index is 0.0456. The Bertz CT molecular complexity index is 3190. The lowest BCUT2D eigenvalue weighted by Crippen LogP contribution is -2.29. The third-order valence-corrected chi connectivity index (χ3v) is 15.3. The molecule has 0 aliphatic carbocycles. The van der Waals surface area contributed by atoms with Crippen LogP contribution in [0.15, 0.2) is 133 Å². The summed E-state index contributed by atoms with van der Waals surface area (Å²) in [6, 6.07) is 31.7. The maximum Gasteiger partial charge on any atom is 0.262 e.